The number of benzene rings is 3. The van der Waals surface area contributed by atoms with E-state index in [1.807, 2.05) is 30.3 Å². The molecule has 0 bridgehead atoms. The second-order valence-corrected chi connectivity index (χ2v) is 10.2. The second kappa shape index (κ2) is 9.55. The predicted molar refractivity (Wildman–Crippen MR) is 147 cm³/mol. The lowest BCUT2D eigenvalue weighted by Gasteiger charge is -2.31. The van der Waals surface area contributed by atoms with Crippen molar-refractivity contribution >= 4 is 28.8 Å². The van der Waals surface area contributed by atoms with Gasteiger partial charge in [0.05, 0.1) is 35.4 Å². The Morgan fingerprint density at radius 2 is 1.92 bits per heavy atom. The Morgan fingerprint density at radius 3 is 2.69 bits per heavy atom. The smallest absolute Gasteiger partial charge is 0.311 e. The van der Waals surface area contributed by atoms with Crippen molar-refractivity contribution in [3.05, 3.63) is 118 Å². The number of aryl methyl sites for hydroxylation is 1. The van der Waals surface area contributed by atoms with Crippen molar-refractivity contribution in [3.8, 4) is 17.2 Å². The third-order valence-corrected chi connectivity index (χ3v) is 8.08. The van der Waals surface area contributed by atoms with Gasteiger partial charge in [-0.3, -0.25) is 19.5 Å². The van der Waals surface area contributed by atoms with Crippen molar-refractivity contribution in [3.63, 3.8) is 0 Å². The third kappa shape index (κ3) is 4.09. The number of ether oxygens (including phenoxy) is 2. The third-order valence-electron chi connectivity index (χ3n) is 7.10. The molecule has 1 unspecified atom stereocenters. The van der Waals surface area contributed by atoms with E-state index in [2.05, 4.69) is 12.1 Å². The molecule has 0 spiro atoms. The van der Waals surface area contributed by atoms with Crippen molar-refractivity contribution in [1.29, 1.82) is 0 Å². The number of aromatic hydroxyl groups is 1. The lowest BCUT2D eigenvalue weighted by molar-refractivity contribution is -0.385. The number of nitro benzene ring substituents is 1. The fourth-order valence-corrected chi connectivity index (χ4v) is 6.28. The van der Waals surface area contributed by atoms with E-state index in [4.69, 9.17) is 14.5 Å². The molecule has 0 saturated carbocycles. The number of aromatic nitrogens is 1. The molecule has 196 valence electrons. The van der Waals surface area contributed by atoms with Crippen LogP contribution >= 0.6 is 11.3 Å². The highest BCUT2D eigenvalue weighted by atomic mass is 32.1. The topological polar surface area (TPSA) is 116 Å². The molecule has 2 heterocycles. The standard InChI is InChI=1S/C29H23N3O6S/c1-37-18-9-12-24(38-2)21(15-18)27-20-10-8-17-5-3-4-6-19(17)26(20)30-29-31(27)28(34)25(39-29)14-16-7-11-23(33)22(13-16)32(35)36/h3-7,9,11-15,27,33H,8,10H2,1-2H3/b25-14+. The highest BCUT2D eigenvalue weighted by Crippen LogP contribution is 2.44. The average molecular weight is 542 g/mol. The van der Waals surface area contributed by atoms with Gasteiger partial charge in [0.25, 0.3) is 5.56 Å². The number of methoxy groups -OCH3 is 2. The molecule has 1 aliphatic heterocycles. The van der Waals surface area contributed by atoms with E-state index < -0.39 is 22.4 Å². The van der Waals surface area contributed by atoms with Crippen LogP contribution in [0.2, 0.25) is 0 Å². The Kier molecular flexibility index (Phi) is 6.03. The highest BCUT2D eigenvalue weighted by Gasteiger charge is 2.34. The van der Waals surface area contributed by atoms with Crippen LogP contribution in [0.15, 0.2) is 76.0 Å². The lowest BCUT2D eigenvalue weighted by Crippen LogP contribution is -2.39. The van der Waals surface area contributed by atoms with Crippen LogP contribution in [0.25, 0.3) is 11.8 Å². The summed E-state index contributed by atoms with van der Waals surface area (Å²) in [5.41, 5.74) is 4.61. The molecular weight excluding hydrogens is 518 g/mol. The summed E-state index contributed by atoms with van der Waals surface area (Å²) < 4.78 is 13.3. The summed E-state index contributed by atoms with van der Waals surface area (Å²) in [5.74, 6) is 0.826. The minimum absolute atomic E-state index is 0.269. The molecule has 3 aromatic carbocycles. The first-order valence-electron chi connectivity index (χ1n) is 12.2. The summed E-state index contributed by atoms with van der Waals surface area (Å²) in [7, 11) is 3.19. The van der Waals surface area contributed by atoms with Crippen molar-refractivity contribution in [2.24, 2.45) is 4.99 Å². The van der Waals surface area contributed by atoms with E-state index >= 15 is 0 Å². The average Bonchev–Trinajstić information content (AvgIpc) is 3.26. The molecule has 9 nitrogen and oxygen atoms in total. The van der Waals surface area contributed by atoms with Gasteiger partial charge in [0.15, 0.2) is 10.6 Å². The van der Waals surface area contributed by atoms with Crippen LogP contribution < -0.4 is 24.4 Å². The molecule has 4 aromatic rings. The monoisotopic (exact) mass is 541 g/mol. The van der Waals surface area contributed by atoms with Gasteiger partial charge in [0.2, 0.25) is 0 Å². The molecule has 1 aliphatic carbocycles. The minimum atomic E-state index is -0.658. The van der Waals surface area contributed by atoms with Gasteiger partial charge in [0, 0.05) is 17.2 Å². The van der Waals surface area contributed by atoms with Crippen LogP contribution in [0.3, 0.4) is 0 Å². The van der Waals surface area contributed by atoms with Gasteiger partial charge in [-0.1, -0.05) is 41.7 Å². The Labute approximate surface area is 226 Å². The number of thiazole rings is 1. The lowest BCUT2D eigenvalue weighted by atomic mass is 9.83. The largest absolute Gasteiger partial charge is 0.502 e. The van der Waals surface area contributed by atoms with E-state index in [-0.39, 0.29) is 5.56 Å². The number of nitrogens with zero attached hydrogens (tertiary/aromatic N) is 3. The minimum Gasteiger partial charge on any atom is -0.502 e. The van der Waals surface area contributed by atoms with Crippen LogP contribution in [-0.4, -0.2) is 28.8 Å². The molecule has 1 N–H and O–H groups in total. The van der Waals surface area contributed by atoms with Gasteiger partial charge >= 0.3 is 5.69 Å². The molecule has 0 amide bonds. The molecule has 1 aromatic heterocycles. The van der Waals surface area contributed by atoms with E-state index in [1.165, 1.54) is 35.1 Å². The number of rotatable bonds is 5. The first-order valence-corrected chi connectivity index (χ1v) is 13.0. The van der Waals surface area contributed by atoms with Crippen LogP contribution in [0.5, 0.6) is 17.2 Å². The van der Waals surface area contributed by atoms with Crippen LogP contribution in [0.1, 0.15) is 34.7 Å². The van der Waals surface area contributed by atoms with Crippen molar-refractivity contribution in [2.75, 3.05) is 14.2 Å². The molecule has 0 radical (unpaired) electrons. The Morgan fingerprint density at radius 1 is 1.10 bits per heavy atom. The zero-order valence-corrected chi connectivity index (χ0v) is 21.9. The Balaban J connectivity index is 1.63. The number of allylic oxidation sites excluding steroid dienone is 1. The first kappa shape index (κ1) is 24.6. The Hall–Kier alpha value is -4.70. The summed E-state index contributed by atoms with van der Waals surface area (Å²) in [5, 5.41) is 21.2. The van der Waals surface area contributed by atoms with Crippen LogP contribution in [0.4, 0.5) is 5.69 Å². The van der Waals surface area contributed by atoms with Gasteiger partial charge < -0.3 is 14.6 Å². The number of phenolic OH excluding ortho intramolecular Hbond substituents is 1. The van der Waals surface area contributed by atoms with Gasteiger partial charge in [-0.2, -0.15) is 0 Å². The molecule has 10 heteroatoms. The summed E-state index contributed by atoms with van der Waals surface area (Å²) in [4.78, 5) is 30.1. The van der Waals surface area contributed by atoms with Crippen LogP contribution in [0, 0.1) is 10.1 Å². The number of hydrogen-bond donors (Lipinski definition) is 1. The first-order chi connectivity index (χ1) is 18.9. The van der Waals surface area contributed by atoms with Crippen molar-refractivity contribution in [1.82, 2.24) is 4.57 Å². The van der Waals surface area contributed by atoms with Gasteiger partial charge in [-0.05, 0) is 59.9 Å². The van der Waals surface area contributed by atoms with Gasteiger partial charge in [0.1, 0.15) is 11.5 Å². The summed E-state index contributed by atoms with van der Waals surface area (Å²) in [6.45, 7) is 0. The zero-order valence-electron chi connectivity index (χ0n) is 21.1. The molecule has 39 heavy (non-hydrogen) atoms. The maximum Gasteiger partial charge on any atom is 0.311 e. The van der Waals surface area contributed by atoms with E-state index in [9.17, 15) is 20.0 Å². The second-order valence-electron chi connectivity index (χ2n) is 9.23. The number of fused-ring (bicyclic) bond motifs is 3. The predicted octanol–water partition coefficient (Wildman–Crippen LogP) is 3.95. The SMILES string of the molecule is COc1ccc(OC)c(C2C3=C(N=c4s/c(=C/c5ccc(O)c([N+](=O)[O-])c5)c(=O)n42)c2ccccc2CC3)c1. The molecule has 2 aliphatic rings. The summed E-state index contributed by atoms with van der Waals surface area (Å²) >= 11 is 1.22. The Bertz CT molecular complexity index is 1870. The normalized spacial score (nSPS) is 16.2. The zero-order chi connectivity index (χ0) is 27.3. The molecule has 1 atom stereocenters. The summed E-state index contributed by atoms with van der Waals surface area (Å²) in [6, 6.07) is 17.2. The van der Waals surface area contributed by atoms with E-state index in [0.717, 1.165) is 28.8 Å². The molecule has 0 saturated heterocycles. The van der Waals surface area contributed by atoms with Gasteiger partial charge in [-0.15, -0.1) is 0 Å². The number of nitro groups is 1. The highest BCUT2D eigenvalue weighted by molar-refractivity contribution is 7.07. The van der Waals surface area contributed by atoms with Gasteiger partial charge in [-0.25, -0.2) is 4.99 Å². The van der Waals surface area contributed by atoms with Crippen molar-refractivity contribution < 1.29 is 19.5 Å². The fraction of sp³-hybridized carbons (Fsp3) is 0.172. The van der Waals surface area contributed by atoms with E-state index in [0.29, 0.717) is 32.8 Å². The molecule has 0 fully saturated rings. The summed E-state index contributed by atoms with van der Waals surface area (Å²) in [6.07, 6.45) is 3.12. The molecule has 6 rings (SSSR count). The quantitative estimate of drug-likeness (QED) is 0.302. The number of hydrogen-bond acceptors (Lipinski definition) is 8. The maximum atomic E-state index is 14.0. The maximum absolute atomic E-state index is 14.0. The fourth-order valence-electron chi connectivity index (χ4n) is 5.28. The van der Waals surface area contributed by atoms with Crippen LogP contribution in [-0.2, 0) is 6.42 Å². The number of phenols is 1. The van der Waals surface area contributed by atoms with Crippen molar-refractivity contribution in [2.45, 2.75) is 18.9 Å². The van der Waals surface area contributed by atoms with E-state index in [1.54, 1.807) is 24.9 Å². The molecular formula is C29H23N3O6S.